The predicted molar refractivity (Wildman–Crippen MR) is 170 cm³/mol. The summed E-state index contributed by atoms with van der Waals surface area (Å²) < 4.78 is 60.5. The van der Waals surface area contributed by atoms with Crippen LogP contribution in [0.3, 0.4) is 0 Å². The van der Waals surface area contributed by atoms with Crippen molar-refractivity contribution in [2.45, 2.75) is 103 Å². The van der Waals surface area contributed by atoms with Crippen LogP contribution >= 0.6 is 20.5 Å². The summed E-state index contributed by atoms with van der Waals surface area (Å²) in [5.74, 6) is -2.30. The van der Waals surface area contributed by atoms with Crippen LogP contribution in [-0.4, -0.2) is 119 Å². The van der Waals surface area contributed by atoms with Gasteiger partial charge in [0.1, 0.15) is 31.5 Å². The van der Waals surface area contributed by atoms with Gasteiger partial charge in [0.15, 0.2) is 18.5 Å². The molecule has 270 valence electrons. The fraction of sp³-hybridized carbons (Fsp3) is 0.828. The molecule has 0 saturated carbocycles. The summed E-state index contributed by atoms with van der Waals surface area (Å²) in [4.78, 5) is 48.2. The van der Waals surface area contributed by atoms with Gasteiger partial charge in [-0.05, 0) is 31.6 Å². The Morgan fingerprint density at radius 1 is 0.936 bits per heavy atom. The van der Waals surface area contributed by atoms with Gasteiger partial charge in [-0.25, -0.2) is 0 Å². The second kappa shape index (κ2) is 23.1. The summed E-state index contributed by atoms with van der Waals surface area (Å²) >= 11 is 5.62. The van der Waals surface area contributed by atoms with E-state index in [0.717, 1.165) is 0 Å². The first-order valence-electron chi connectivity index (χ1n) is 15.2. The molecule has 0 spiro atoms. The highest BCUT2D eigenvalue weighted by atomic mass is 32.1. The third kappa shape index (κ3) is 17.0. The molecule has 18 heteroatoms. The van der Waals surface area contributed by atoms with Crippen molar-refractivity contribution in [2.75, 3.05) is 47.8 Å². The van der Waals surface area contributed by atoms with E-state index in [1.54, 1.807) is 7.11 Å². The normalized spacial score (nSPS) is 23.1. The molecule has 1 amide bonds. The monoisotopic (exact) mass is 713 g/mol. The molecule has 16 nitrogen and oxygen atoms in total. The van der Waals surface area contributed by atoms with Crippen molar-refractivity contribution in [3.63, 3.8) is 0 Å². The SMILES string of the molecule is COC[C@H](C)CC(NC(=S)CCCCO[C@@H]1O[C@H](COC(C)=O)[C@H](OC(C)=O)[C@H](OC(C)=O)[C@H]1NC(C)=O)[C@H](CO[P+](=O)OC)OC. The van der Waals surface area contributed by atoms with E-state index in [1.165, 1.54) is 41.9 Å². The maximum absolute atomic E-state index is 12.1. The van der Waals surface area contributed by atoms with E-state index in [0.29, 0.717) is 37.3 Å². The van der Waals surface area contributed by atoms with E-state index in [-0.39, 0.29) is 31.8 Å². The second-order valence-electron chi connectivity index (χ2n) is 11.0. The third-order valence-corrected chi connectivity index (χ3v) is 7.83. The Labute approximate surface area is 282 Å². The van der Waals surface area contributed by atoms with Gasteiger partial charge in [-0.2, -0.15) is 0 Å². The standard InChI is InChI=1S/C29H49N2O14PS/c1-17(14-37-6)13-22(23(38-7)16-42-46(36)39-8)31-25(47)11-9-10-12-40-29-26(30-18(2)32)28(44-21(5)35)27(43-20(4)34)24(45-29)15-41-19(3)33/h17,22-24,26-29H,9-16H2,1-8H3,(H-,30,31,32,47)/p+1/t17-,22?,23+,24-,26-,27+,28-,29-/m1/s1. The molecule has 0 bridgehead atoms. The van der Waals surface area contributed by atoms with Gasteiger partial charge in [-0.15, -0.1) is 9.05 Å². The molecule has 1 fully saturated rings. The molecule has 1 aliphatic rings. The number of esters is 3. The van der Waals surface area contributed by atoms with Crippen molar-refractivity contribution < 1.29 is 65.9 Å². The van der Waals surface area contributed by atoms with Gasteiger partial charge in [0, 0.05) is 59.7 Å². The Bertz CT molecular complexity index is 1040. The maximum Gasteiger partial charge on any atom is 0.697 e. The maximum atomic E-state index is 12.1. The molecule has 1 saturated heterocycles. The van der Waals surface area contributed by atoms with Crippen LogP contribution in [0.1, 0.15) is 60.3 Å². The lowest BCUT2D eigenvalue weighted by Crippen LogP contribution is -2.66. The molecule has 9 atom stereocenters. The van der Waals surface area contributed by atoms with Crippen LogP contribution in [0.15, 0.2) is 0 Å². The second-order valence-corrected chi connectivity index (χ2v) is 12.6. The van der Waals surface area contributed by atoms with E-state index >= 15 is 0 Å². The Morgan fingerprint density at radius 3 is 2.15 bits per heavy atom. The Morgan fingerprint density at radius 2 is 1.60 bits per heavy atom. The molecule has 1 rings (SSSR count). The predicted octanol–water partition coefficient (Wildman–Crippen LogP) is 2.12. The first-order valence-corrected chi connectivity index (χ1v) is 16.7. The van der Waals surface area contributed by atoms with Crippen LogP contribution in [0.4, 0.5) is 0 Å². The summed E-state index contributed by atoms with van der Waals surface area (Å²) in [6, 6.07) is -1.31. The van der Waals surface area contributed by atoms with Crippen LogP contribution in [0.25, 0.3) is 0 Å². The lowest BCUT2D eigenvalue weighted by atomic mass is 9.96. The fourth-order valence-corrected chi connectivity index (χ4v) is 5.59. The number of hydrogen-bond donors (Lipinski definition) is 2. The quantitative estimate of drug-likeness (QED) is 0.0545. The molecule has 0 aliphatic carbocycles. The molecule has 2 unspecified atom stereocenters. The molecular formula is C29H50N2O14PS+. The molecule has 1 aliphatic heterocycles. The number of thiocarbonyl (C=S) groups is 1. The topological polar surface area (TPSA) is 192 Å². The molecule has 0 aromatic rings. The van der Waals surface area contributed by atoms with E-state index in [2.05, 4.69) is 10.6 Å². The zero-order valence-corrected chi connectivity index (χ0v) is 30.1. The minimum atomic E-state index is -2.27. The minimum absolute atomic E-state index is 0.0231. The van der Waals surface area contributed by atoms with Gasteiger partial charge in [0.25, 0.3) is 0 Å². The number of ether oxygens (including phenoxy) is 7. The Balaban J connectivity index is 2.94. The van der Waals surface area contributed by atoms with Crippen molar-refractivity contribution in [2.24, 2.45) is 5.92 Å². The van der Waals surface area contributed by atoms with Gasteiger partial charge >= 0.3 is 26.2 Å². The summed E-state index contributed by atoms with van der Waals surface area (Å²) in [5, 5.41) is 6.00. The number of unbranched alkanes of at least 4 members (excludes halogenated alkanes) is 1. The number of hydrogen-bond acceptors (Lipinski definition) is 15. The lowest BCUT2D eigenvalue weighted by molar-refractivity contribution is -0.277. The van der Waals surface area contributed by atoms with Crippen LogP contribution in [-0.2, 0) is 65.9 Å². The molecule has 0 aromatic carbocycles. The number of nitrogens with one attached hydrogen (secondary N) is 2. The van der Waals surface area contributed by atoms with Crippen molar-refractivity contribution in [3.05, 3.63) is 0 Å². The van der Waals surface area contributed by atoms with Crippen molar-refractivity contribution in [3.8, 4) is 0 Å². The first kappa shape index (κ1) is 42.7. The minimum Gasteiger partial charge on any atom is -0.463 e. The van der Waals surface area contributed by atoms with Gasteiger partial charge in [-0.3, -0.25) is 19.2 Å². The van der Waals surface area contributed by atoms with Crippen LogP contribution in [0, 0.1) is 5.92 Å². The summed E-state index contributed by atoms with van der Waals surface area (Å²) in [7, 11) is 2.17. The van der Waals surface area contributed by atoms with E-state index in [1.807, 2.05) is 6.92 Å². The zero-order chi connectivity index (χ0) is 35.5. The third-order valence-electron chi connectivity index (χ3n) is 6.85. The van der Waals surface area contributed by atoms with Gasteiger partial charge in [-0.1, -0.05) is 19.1 Å². The van der Waals surface area contributed by atoms with Crippen LogP contribution < -0.4 is 10.6 Å². The average Bonchev–Trinajstić information content (AvgIpc) is 2.98. The summed E-state index contributed by atoms with van der Waals surface area (Å²) in [6.45, 7) is 7.22. The number of methoxy groups -OCH3 is 2. The number of amides is 1. The van der Waals surface area contributed by atoms with E-state index in [4.69, 9.17) is 54.4 Å². The van der Waals surface area contributed by atoms with Crippen molar-refractivity contribution in [1.29, 1.82) is 0 Å². The number of carbonyl (C=O) groups is 4. The highest BCUT2D eigenvalue weighted by molar-refractivity contribution is 7.80. The average molecular weight is 714 g/mol. The zero-order valence-electron chi connectivity index (χ0n) is 28.3. The van der Waals surface area contributed by atoms with Gasteiger partial charge < -0.3 is 43.8 Å². The first-order chi connectivity index (χ1) is 22.2. The van der Waals surface area contributed by atoms with Crippen molar-refractivity contribution in [1.82, 2.24) is 10.6 Å². The Hall–Kier alpha value is -2.37. The largest absolute Gasteiger partial charge is 0.697 e. The highest BCUT2D eigenvalue weighted by Gasteiger charge is 2.51. The van der Waals surface area contributed by atoms with Gasteiger partial charge in [0.2, 0.25) is 5.91 Å². The molecule has 0 radical (unpaired) electrons. The molecule has 1 heterocycles. The molecule has 47 heavy (non-hydrogen) atoms. The van der Waals surface area contributed by atoms with Crippen LogP contribution in [0.2, 0.25) is 0 Å². The van der Waals surface area contributed by atoms with E-state index in [9.17, 15) is 23.7 Å². The van der Waals surface area contributed by atoms with Crippen molar-refractivity contribution >= 4 is 49.3 Å². The van der Waals surface area contributed by atoms with E-state index < -0.39 is 68.8 Å². The molecular weight excluding hydrogens is 663 g/mol. The van der Waals surface area contributed by atoms with Gasteiger partial charge in [0.05, 0.1) is 18.1 Å². The summed E-state index contributed by atoms with van der Waals surface area (Å²) in [6.07, 6.45) is -2.82. The molecule has 0 aromatic heterocycles. The smallest absolute Gasteiger partial charge is 0.463 e. The number of rotatable bonds is 22. The highest BCUT2D eigenvalue weighted by Crippen LogP contribution is 2.28. The van der Waals surface area contributed by atoms with Crippen LogP contribution in [0.5, 0.6) is 0 Å². The summed E-state index contributed by atoms with van der Waals surface area (Å²) in [5.41, 5.74) is 0. The lowest BCUT2D eigenvalue weighted by Gasteiger charge is -2.44. The Kier molecular flexibility index (Phi) is 20.9. The number of carbonyl (C=O) groups excluding carboxylic acids is 4. The fourth-order valence-electron chi connectivity index (χ4n) is 4.92. The molecule has 2 N–H and O–H groups in total.